The van der Waals surface area contributed by atoms with Crippen molar-refractivity contribution in [2.45, 2.75) is 329 Å². The van der Waals surface area contributed by atoms with Crippen LogP contribution >= 0.6 is 15.6 Å². The van der Waals surface area contributed by atoms with Gasteiger partial charge in [0.05, 0.1) is 26.4 Å². The Bertz CT molecular complexity index is 2800. The van der Waals surface area contributed by atoms with Crippen LogP contribution in [0, 0.1) is 0 Å². The summed E-state index contributed by atoms with van der Waals surface area (Å²) in [5, 5.41) is 10.7. The molecule has 17 nitrogen and oxygen atoms in total. The number of ether oxygens (including phenoxy) is 4. The first-order valence-electron chi connectivity index (χ1n) is 42.0. The topological polar surface area (TPSA) is 237 Å². The molecule has 0 aliphatic heterocycles. The highest BCUT2D eigenvalue weighted by molar-refractivity contribution is 7.47. The van der Waals surface area contributed by atoms with Gasteiger partial charge in [-0.3, -0.25) is 37.3 Å². The minimum atomic E-state index is -5.01. The average molecular weight is 1580 g/mol. The molecule has 0 saturated heterocycles. The van der Waals surface area contributed by atoms with Crippen LogP contribution in [0.5, 0.6) is 0 Å². The van der Waals surface area contributed by atoms with Gasteiger partial charge in [0.15, 0.2) is 12.2 Å². The van der Waals surface area contributed by atoms with Crippen molar-refractivity contribution in [3.05, 3.63) is 182 Å². The second-order valence-corrected chi connectivity index (χ2v) is 30.2. The maximum atomic E-state index is 13.1. The van der Waals surface area contributed by atoms with Gasteiger partial charge in [-0.1, -0.05) is 300 Å². The van der Waals surface area contributed by atoms with Crippen molar-refractivity contribution < 1.29 is 80.2 Å². The quantitative estimate of drug-likeness (QED) is 0.0169. The molecule has 110 heavy (non-hydrogen) atoms. The van der Waals surface area contributed by atoms with Crippen molar-refractivity contribution in [3.8, 4) is 0 Å². The summed E-state index contributed by atoms with van der Waals surface area (Å²) in [4.78, 5) is 73.2. The number of hydrogen-bond acceptors (Lipinski definition) is 15. The Balaban J connectivity index is 5.47. The van der Waals surface area contributed by atoms with Gasteiger partial charge in [0.1, 0.15) is 19.3 Å². The van der Waals surface area contributed by atoms with Crippen molar-refractivity contribution >= 4 is 39.5 Å². The van der Waals surface area contributed by atoms with Crippen LogP contribution < -0.4 is 0 Å². The maximum absolute atomic E-state index is 13.1. The lowest BCUT2D eigenvalue weighted by atomic mass is 10.1. The monoisotopic (exact) mass is 1580 g/mol. The summed E-state index contributed by atoms with van der Waals surface area (Å²) >= 11 is 0. The Morgan fingerprint density at radius 2 is 0.509 bits per heavy atom. The van der Waals surface area contributed by atoms with Crippen LogP contribution in [-0.4, -0.2) is 96.7 Å². The molecular formula is C91H148O17P2. The molecule has 0 rings (SSSR count). The van der Waals surface area contributed by atoms with Crippen molar-refractivity contribution in [2.24, 2.45) is 0 Å². The minimum Gasteiger partial charge on any atom is -0.462 e. The normalized spacial score (nSPS) is 14.7. The van der Waals surface area contributed by atoms with E-state index in [0.29, 0.717) is 32.1 Å². The van der Waals surface area contributed by atoms with Gasteiger partial charge in [0.2, 0.25) is 0 Å². The van der Waals surface area contributed by atoms with Crippen molar-refractivity contribution in [1.29, 1.82) is 0 Å². The molecular weight excluding hydrogens is 1430 g/mol. The molecule has 0 aromatic carbocycles. The van der Waals surface area contributed by atoms with Gasteiger partial charge < -0.3 is 33.8 Å². The van der Waals surface area contributed by atoms with E-state index >= 15 is 0 Å². The number of carbonyl (C=O) groups is 4. The third-order valence-corrected chi connectivity index (χ3v) is 18.7. The molecule has 0 aliphatic rings. The molecule has 3 N–H and O–H groups in total. The van der Waals surface area contributed by atoms with Crippen molar-refractivity contribution in [3.63, 3.8) is 0 Å². The molecule has 624 valence electrons. The number of unbranched alkanes of at least 4 members (excludes halogenated alkanes) is 21. The molecule has 0 aliphatic carbocycles. The molecule has 5 unspecified atom stereocenters. The van der Waals surface area contributed by atoms with Crippen molar-refractivity contribution in [1.82, 2.24) is 0 Å². The van der Waals surface area contributed by atoms with Gasteiger partial charge >= 0.3 is 39.5 Å². The molecule has 0 aromatic heterocycles. The van der Waals surface area contributed by atoms with Gasteiger partial charge in [0.25, 0.3) is 0 Å². The second-order valence-electron chi connectivity index (χ2n) is 27.3. The predicted molar refractivity (Wildman–Crippen MR) is 454 cm³/mol. The first-order chi connectivity index (χ1) is 53.7. The van der Waals surface area contributed by atoms with Crippen LogP contribution in [0.4, 0.5) is 0 Å². The Morgan fingerprint density at radius 3 is 0.818 bits per heavy atom. The van der Waals surface area contributed by atoms with E-state index in [2.05, 4.69) is 192 Å². The minimum absolute atomic E-state index is 0.0268. The number of aliphatic hydroxyl groups is 1. The number of esters is 4. The lowest BCUT2D eigenvalue weighted by Gasteiger charge is -2.21. The first kappa shape index (κ1) is 104. The van der Waals surface area contributed by atoms with Gasteiger partial charge in [0, 0.05) is 25.7 Å². The van der Waals surface area contributed by atoms with E-state index in [0.717, 1.165) is 205 Å². The number of carbonyl (C=O) groups excluding carboxylic acids is 4. The van der Waals surface area contributed by atoms with Gasteiger partial charge in [-0.05, 0) is 167 Å². The van der Waals surface area contributed by atoms with Crippen LogP contribution in [0.2, 0.25) is 0 Å². The standard InChI is InChI=1S/C91H148O17P2/c1-5-9-13-17-21-25-29-33-36-39-42-45-48-52-55-59-63-67-71-75-88(93)101-81-86(107-90(95)77-73-69-65-61-57-51-32-28-24-20-16-12-8-4)83-105-109(97,98)103-79-85(92)80-104-110(99,100)106-84-87(108-91(96)78-74-70-66-62-58-54-50-47-44-41-38-35-31-27-23-19-15-11-7-3)82-102-89(94)76-72-68-64-60-56-53-49-46-43-40-37-34-30-26-22-18-14-10-6-2/h9-10,13-14,16,20-23,25-28,32-38,42-47,52,55,63,67,85-87,92H,5-8,11-12,15,17-19,24,29-31,39-41,48-51,53-54,56-62,64-66,68-84H2,1-4H3,(H,97,98)(H,99,100)/b13-9-,14-10-,20-16-,25-21-,26-22-,27-23-,32-28-,36-33-,37-34-,38-35-,45-42-,46-43-,47-44-,55-52-,67-63-. The van der Waals surface area contributed by atoms with E-state index in [9.17, 15) is 43.2 Å². The maximum Gasteiger partial charge on any atom is 0.472 e. The number of allylic oxidation sites excluding steroid dienone is 30. The lowest BCUT2D eigenvalue weighted by molar-refractivity contribution is -0.161. The van der Waals surface area contributed by atoms with Crippen LogP contribution in [0.3, 0.4) is 0 Å². The van der Waals surface area contributed by atoms with Crippen LogP contribution in [0.25, 0.3) is 0 Å². The largest absolute Gasteiger partial charge is 0.472 e. The molecule has 0 spiro atoms. The first-order valence-corrected chi connectivity index (χ1v) is 45.0. The van der Waals surface area contributed by atoms with Crippen molar-refractivity contribution in [2.75, 3.05) is 39.6 Å². The molecule has 0 radical (unpaired) electrons. The van der Waals surface area contributed by atoms with Gasteiger partial charge in [-0.2, -0.15) is 0 Å². The summed E-state index contributed by atoms with van der Waals surface area (Å²) in [5.74, 6) is -2.33. The van der Waals surface area contributed by atoms with E-state index in [1.165, 1.54) is 19.3 Å². The fourth-order valence-electron chi connectivity index (χ4n) is 10.5. The molecule has 0 fully saturated rings. The highest BCUT2D eigenvalue weighted by atomic mass is 31.2. The van der Waals surface area contributed by atoms with Crippen LogP contribution in [-0.2, 0) is 65.4 Å². The van der Waals surface area contributed by atoms with E-state index in [4.69, 9.17) is 37.0 Å². The summed E-state index contributed by atoms with van der Waals surface area (Å²) in [7, 11) is -10.0. The van der Waals surface area contributed by atoms with Crippen LogP contribution in [0.1, 0.15) is 310 Å². The highest BCUT2D eigenvalue weighted by Gasteiger charge is 2.30. The van der Waals surface area contributed by atoms with E-state index < -0.39 is 97.5 Å². The Hall–Kier alpha value is -5.84. The second kappa shape index (κ2) is 81.2. The molecule has 19 heteroatoms. The molecule has 0 bridgehead atoms. The summed E-state index contributed by atoms with van der Waals surface area (Å²) in [6, 6.07) is 0. The predicted octanol–water partition coefficient (Wildman–Crippen LogP) is 25.1. The average Bonchev–Trinajstić information content (AvgIpc) is 0.942. The van der Waals surface area contributed by atoms with Gasteiger partial charge in [-0.25, -0.2) is 9.13 Å². The molecule has 0 aromatic rings. The summed E-state index contributed by atoms with van der Waals surface area (Å²) < 4.78 is 68.7. The number of rotatable bonds is 77. The number of hydrogen-bond donors (Lipinski definition) is 3. The zero-order chi connectivity index (χ0) is 80.3. The molecule has 0 amide bonds. The summed E-state index contributed by atoms with van der Waals surface area (Å²) in [6.07, 6.45) is 98.7. The lowest BCUT2D eigenvalue weighted by Crippen LogP contribution is -2.30. The Morgan fingerprint density at radius 1 is 0.264 bits per heavy atom. The van der Waals surface area contributed by atoms with E-state index in [1.54, 1.807) is 0 Å². The van der Waals surface area contributed by atoms with E-state index in [1.807, 2.05) is 18.2 Å². The fourth-order valence-corrected chi connectivity index (χ4v) is 12.1. The molecule has 0 heterocycles. The zero-order valence-corrected chi connectivity index (χ0v) is 70.1. The highest BCUT2D eigenvalue weighted by Crippen LogP contribution is 2.45. The Kier molecular flexibility index (Phi) is 76.9. The summed E-state index contributed by atoms with van der Waals surface area (Å²) in [6.45, 7) is 4.42. The fraction of sp³-hybridized carbons (Fsp3) is 0.626. The number of aliphatic hydroxyl groups excluding tert-OH is 1. The summed E-state index contributed by atoms with van der Waals surface area (Å²) in [5.41, 5.74) is 0. The SMILES string of the molecule is CC/C=C\C/C=C\C/C=C\C/C=C\C/C=C\C/C=C\CCC(=O)OCC(COP(=O)(O)OCC(O)COP(=O)(O)OCC(COC(=O)CCCCCCCC/C=C\C/C=C\C/C=C\C/C=C\CC)OC(=O)CCCCCCCC/C=C\C/C=C\C/C=C\CCCCC)OC(=O)CCCCCCC/C=C\C/C=C\CCC. The van der Waals surface area contributed by atoms with Crippen LogP contribution in [0.15, 0.2) is 182 Å². The molecule has 5 atom stereocenters. The van der Waals surface area contributed by atoms with Gasteiger partial charge in [-0.15, -0.1) is 0 Å². The molecule has 0 saturated carbocycles. The Labute approximate surface area is 666 Å². The zero-order valence-electron chi connectivity index (χ0n) is 68.4. The number of phosphoric ester groups is 2. The third-order valence-electron chi connectivity index (χ3n) is 16.8. The smallest absolute Gasteiger partial charge is 0.462 e. The van der Waals surface area contributed by atoms with E-state index in [-0.39, 0.29) is 25.7 Å². The third kappa shape index (κ3) is 80.2. The number of phosphoric acid groups is 2.